The highest BCUT2D eigenvalue weighted by Gasteiger charge is 1.95. The molecule has 0 heterocycles. The van der Waals surface area contributed by atoms with E-state index < -0.39 is 0 Å². The average Bonchev–Trinajstić information content (AvgIpc) is 2.29. The molecule has 0 aliphatic heterocycles. The van der Waals surface area contributed by atoms with Crippen LogP contribution in [0.4, 0.5) is 0 Å². The van der Waals surface area contributed by atoms with E-state index in [1.807, 2.05) is 24.3 Å². The first-order chi connectivity index (χ1) is 7.72. The fourth-order valence-electron chi connectivity index (χ4n) is 1.26. The highest BCUT2D eigenvalue weighted by molar-refractivity contribution is 7.80. The molecule has 4 heteroatoms. The molecule has 0 unspecified atom stereocenters. The van der Waals surface area contributed by atoms with Crippen molar-refractivity contribution in [1.82, 2.24) is 0 Å². The molecule has 2 N–H and O–H groups in total. The van der Waals surface area contributed by atoms with Crippen LogP contribution in [0, 0.1) is 0 Å². The number of hydrogen-bond acceptors (Lipinski definition) is 3. The second-order valence-corrected chi connectivity index (χ2v) is 3.97. The van der Waals surface area contributed by atoms with Crippen molar-refractivity contribution in [3.05, 3.63) is 24.3 Å². The number of thiocarbonyl (C=S) groups is 1. The van der Waals surface area contributed by atoms with E-state index in [0.29, 0.717) is 11.6 Å². The van der Waals surface area contributed by atoms with Gasteiger partial charge in [-0.3, -0.25) is 0 Å². The van der Waals surface area contributed by atoms with E-state index in [0.717, 1.165) is 30.8 Å². The van der Waals surface area contributed by atoms with Gasteiger partial charge in [-0.2, -0.15) is 0 Å². The largest absolute Gasteiger partial charge is 0.497 e. The van der Waals surface area contributed by atoms with Gasteiger partial charge in [0.05, 0.1) is 18.7 Å². The quantitative estimate of drug-likeness (QED) is 0.586. The van der Waals surface area contributed by atoms with Gasteiger partial charge in [0.25, 0.3) is 0 Å². The molecule has 0 bridgehead atoms. The SMILES string of the molecule is COc1ccc(OCCCCC(N)=S)cc1. The lowest BCUT2D eigenvalue weighted by Crippen LogP contribution is -2.07. The highest BCUT2D eigenvalue weighted by Crippen LogP contribution is 2.17. The summed E-state index contributed by atoms with van der Waals surface area (Å²) in [6.07, 6.45) is 2.73. The van der Waals surface area contributed by atoms with Crippen LogP contribution in [-0.4, -0.2) is 18.7 Å². The van der Waals surface area contributed by atoms with E-state index >= 15 is 0 Å². The van der Waals surface area contributed by atoms with Gasteiger partial charge in [-0.05, 0) is 43.5 Å². The zero-order chi connectivity index (χ0) is 11.8. The topological polar surface area (TPSA) is 44.5 Å². The van der Waals surface area contributed by atoms with Crippen LogP contribution in [0.15, 0.2) is 24.3 Å². The first-order valence-corrected chi connectivity index (χ1v) is 5.68. The Morgan fingerprint density at radius 2 is 1.81 bits per heavy atom. The van der Waals surface area contributed by atoms with Crippen LogP contribution >= 0.6 is 12.2 Å². The van der Waals surface area contributed by atoms with E-state index in [1.54, 1.807) is 7.11 Å². The minimum atomic E-state index is 0.574. The van der Waals surface area contributed by atoms with Gasteiger partial charge in [0.2, 0.25) is 0 Å². The number of ether oxygens (including phenoxy) is 2. The number of nitrogens with two attached hydrogens (primary N) is 1. The van der Waals surface area contributed by atoms with Gasteiger partial charge in [0.15, 0.2) is 0 Å². The molecule has 0 radical (unpaired) electrons. The molecule has 3 nitrogen and oxygen atoms in total. The Morgan fingerprint density at radius 1 is 1.19 bits per heavy atom. The van der Waals surface area contributed by atoms with Crippen LogP contribution in [0.2, 0.25) is 0 Å². The van der Waals surface area contributed by atoms with Crippen molar-refractivity contribution in [2.45, 2.75) is 19.3 Å². The monoisotopic (exact) mass is 239 g/mol. The molecule has 0 atom stereocenters. The molecule has 0 aliphatic carbocycles. The van der Waals surface area contributed by atoms with Crippen LogP contribution in [0.1, 0.15) is 19.3 Å². The predicted molar refractivity (Wildman–Crippen MR) is 69.1 cm³/mol. The second-order valence-electron chi connectivity index (χ2n) is 3.45. The van der Waals surface area contributed by atoms with Crippen molar-refractivity contribution >= 4 is 17.2 Å². The zero-order valence-electron chi connectivity index (χ0n) is 9.44. The third-order valence-corrected chi connectivity index (χ3v) is 2.35. The minimum absolute atomic E-state index is 0.574. The van der Waals surface area contributed by atoms with Crippen molar-refractivity contribution in [3.8, 4) is 11.5 Å². The molecule has 16 heavy (non-hydrogen) atoms. The van der Waals surface area contributed by atoms with E-state index in [-0.39, 0.29) is 0 Å². The Labute approximate surface area is 102 Å². The summed E-state index contributed by atoms with van der Waals surface area (Å²) in [5, 5.41) is 0. The predicted octanol–water partition coefficient (Wildman–Crippen LogP) is 2.53. The highest BCUT2D eigenvalue weighted by atomic mass is 32.1. The maximum absolute atomic E-state index is 5.55. The van der Waals surface area contributed by atoms with Crippen molar-refractivity contribution in [2.24, 2.45) is 5.73 Å². The third kappa shape index (κ3) is 4.98. The van der Waals surface area contributed by atoms with E-state index in [2.05, 4.69) is 0 Å². The Morgan fingerprint density at radius 3 is 2.38 bits per heavy atom. The van der Waals surface area contributed by atoms with E-state index in [9.17, 15) is 0 Å². The molecule has 0 aliphatic rings. The molecule has 0 fully saturated rings. The van der Waals surface area contributed by atoms with Crippen molar-refractivity contribution in [3.63, 3.8) is 0 Å². The van der Waals surface area contributed by atoms with Crippen molar-refractivity contribution in [1.29, 1.82) is 0 Å². The van der Waals surface area contributed by atoms with Gasteiger partial charge in [0, 0.05) is 0 Å². The Hall–Kier alpha value is -1.29. The average molecular weight is 239 g/mol. The van der Waals surface area contributed by atoms with Crippen LogP contribution in [0.25, 0.3) is 0 Å². The number of benzene rings is 1. The lowest BCUT2D eigenvalue weighted by Gasteiger charge is -2.06. The molecule has 0 spiro atoms. The number of hydrogen-bond donors (Lipinski definition) is 1. The normalized spacial score (nSPS) is 9.81. The van der Waals surface area contributed by atoms with Gasteiger partial charge in [-0.25, -0.2) is 0 Å². The molecular formula is C12H17NO2S. The third-order valence-electron chi connectivity index (χ3n) is 2.15. The molecule has 1 aromatic carbocycles. The first-order valence-electron chi connectivity index (χ1n) is 5.27. The maximum Gasteiger partial charge on any atom is 0.119 e. The molecular weight excluding hydrogens is 222 g/mol. The summed E-state index contributed by atoms with van der Waals surface area (Å²) >= 11 is 4.79. The standard InChI is InChI=1S/C12H17NO2S/c1-14-10-5-7-11(8-6-10)15-9-3-2-4-12(13)16/h5-8H,2-4,9H2,1H3,(H2,13,16). The van der Waals surface area contributed by atoms with Crippen LogP contribution in [0.5, 0.6) is 11.5 Å². The van der Waals surface area contributed by atoms with E-state index in [1.165, 1.54) is 0 Å². The summed E-state index contributed by atoms with van der Waals surface area (Å²) in [6.45, 7) is 0.689. The van der Waals surface area contributed by atoms with Crippen molar-refractivity contribution < 1.29 is 9.47 Å². The molecule has 0 saturated heterocycles. The maximum atomic E-state index is 5.55. The second kappa shape index (κ2) is 7.06. The fraction of sp³-hybridized carbons (Fsp3) is 0.417. The van der Waals surface area contributed by atoms with E-state index in [4.69, 9.17) is 27.4 Å². The Balaban J connectivity index is 2.19. The van der Waals surface area contributed by atoms with Gasteiger partial charge in [-0.15, -0.1) is 0 Å². The molecule has 1 aromatic rings. The molecule has 0 amide bonds. The summed E-state index contributed by atoms with van der Waals surface area (Å²) in [4.78, 5) is 0.574. The Bertz CT molecular complexity index is 324. The minimum Gasteiger partial charge on any atom is -0.497 e. The molecule has 0 aromatic heterocycles. The molecule has 88 valence electrons. The summed E-state index contributed by atoms with van der Waals surface area (Å²) in [5.74, 6) is 1.69. The van der Waals surface area contributed by atoms with Gasteiger partial charge in [-0.1, -0.05) is 12.2 Å². The lowest BCUT2D eigenvalue weighted by atomic mass is 10.2. The van der Waals surface area contributed by atoms with Crippen LogP contribution < -0.4 is 15.2 Å². The number of unbranched alkanes of at least 4 members (excludes halogenated alkanes) is 1. The van der Waals surface area contributed by atoms with Gasteiger partial charge >= 0.3 is 0 Å². The number of methoxy groups -OCH3 is 1. The zero-order valence-corrected chi connectivity index (χ0v) is 10.3. The molecule has 1 rings (SSSR count). The van der Waals surface area contributed by atoms with Crippen LogP contribution in [-0.2, 0) is 0 Å². The van der Waals surface area contributed by atoms with Gasteiger partial charge < -0.3 is 15.2 Å². The summed E-state index contributed by atoms with van der Waals surface area (Å²) in [5.41, 5.74) is 5.39. The smallest absolute Gasteiger partial charge is 0.119 e. The summed E-state index contributed by atoms with van der Waals surface area (Å²) in [7, 11) is 1.64. The summed E-state index contributed by atoms with van der Waals surface area (Å²) in [6, 6.07) is 7.55. The van der Waals surface area contributed by atoms with Gasteiger partial charge in [0.1, 0.15) is 11.5 Å². The first kappa shape index (κ1) is 12.8. The molecule has 0 saturated carbocycles. The number of rotatable bonds is 7. The van der Waals surface area contributed by atoms with Crippen LogP contribution in [0.3, 0.4) is 0 Å². The van der Waals surface area contributed by atoms with Crippen molar-refractivity contribution in [2.75, 3.05) is 13.7 Å². The lowest BCUT2D eigenvalue weighted by molar-refractivity contribution is 0.307. The summed E-state index contributed by atoms with van der Waals surface area (Å²) < 4.78 is 10.6. The fourth-order valence-corrected chi connectivity index (χ4v) is 1.41. The Kier molecular flexibility index (Phi) is 5.64.